The Labute approximate surface area is 136 Å². The second-order valence-corrected chi connectivity index (χ2v) is 4.85. The van der Waals surface area contributed by atoms with Gasteiger partial charge in [-0.3, -0.25) is 5.43 Å². The van der Waals surface area contributed by atoms with E-state index < -0.39 is 0 Å². The van der Waals surface area contributed by atoms with Crippen molar-refractivity contribution in [2.75, 3.05) is 5.43 Å². The Hall–Kier alpha value is -2.95. The molecule has 0 aliphatic rings. The molecule has 3 N–H and O–H groups in total. The van der Waals surface area contributed by atoms with Crippen LogP contribution in [0.4, 0.5) is 5.88 Å². The summed E-state index contributed by atoms with van der Waals surface area (Å²) >= 11 is 6.01. The highest BCUT2D eigenvalue weighted by Crippen LogP contribution is 2.28. The molecule has 0 aliphatic heterocycles. The summed E-state index contributed by atoms with van der Waals surface area (Å²) < 4.78 is 16.5. The van der Waals surface area contributed by atoms with E-state index in [2.05, 4.69) is 10.4 Å². The molecule has 8 heteroatoms. The van der Waals surface area contributed by atoms with Gasteiger partial charge in [0.25, 0.3) is 5.89 Å². The molecule has 116 valence electrons. The first-order valence-electron chi connectivity index (χ1n) is 6.55. The molecule has 0 saturated carbocycles. The van der Waals surface area contributed by atoms with Crippen molar-refractivity contribution in [2.24, 2.45) is 5.84 Å². The number of hydrogen-bond acceptors (Lipinski definition) is 7. The smallest absolute Gasteiger partial charge is 0.266 e. The number of nitrogen functional groups attached to an aromatic ring is 1. The van der Waals surface area contributed by atoms with Crippen LogP contribution in [0, 0.1) is 11.3 Å². The van der Waals surface area contributed by atoms with E-state index in [1.165, 1.54) is 0 Å². The summed E-state index contributed by atoms with van der Waals surface area (Å²) in [6.07, 6.45) is 0. The van der Waals surface area contributed by atoms with Crippen LogP contribution in [0.2, 0.25) is 5.02 Å². The maximum absolute atomic E-state index is 8.92. The zero-order valence-electron chi connectivity index (χ0n) is 11.7. The number of nitrogens with two attached hydrogens (primary N) is 1. The molecule has 0 radical (unpaired) electrons. The number of benzene rings is 1. The van der Waals surface area contributed by atoms with E-state index in [-0.39, 0.29) is 24.1 Å². The molecule has 3 aromatic rings. The van der Waals surface area contributed by atoms with Gasteiger partial charge >= 0.3 is 0 Å². The van der Waals surface area contributed by atoms with Gasteiger partial charge in [0.05, 0.1) is 5.02 Å². The fourth-order valence-electron chi connectivity index (χ4n) is 1.88. The maximum atomic E-state index is 8.92. The number of halogens is 1. The minimum absolute atomic E-state index is 0.0489. The van der Waals surface area contributed by atoms with Gasteiger partial charge in [0.15, 0.2) is 5.76 Å². The van der Waals surface area contributed by atoms with Gasteiger partial charge in [0.2, 0.25) is 11.6 Å². The minimum atomic E-state index is 0.0489. The van der Waals surface area contributed by atoms with Crippen LogP contribution in [-0.2, 0) is 6.61 Å². The molecule has 0 aliphatic carbocycles. The molecule has 0 spiro atoms. The van der Waals surface area contributed by atoms with E-state index >= 15 is 0 Å². The molecular formula is C15H11ClN4O3. The van der Waals surface area contributed by atoms with E-state index in [1.807, 2.05) is 18.2 Å². The minimum Gasteiger partial charge on any atom is -0.484 e. The van der Waals surface area contributed by atoms with Crippen molar-refractivity contribution in [3.8, 4) is 23.5 Å². The Morgan fingerprint density at radius 2 is 2.09 bits per heavy atom. The van der Waals surface area contributed by atoms with Crippen molar-refractivity contribution in [1.29, 1.82) is 5.26 Å². The molecule has 0 atom stereocenters. The molecule has 1 aromatic carbocycles. The predicted molar refractivity (Wildman–Crippen MR) is 82.5 cm³/mol. The summed E-state index contributed by atoms with van der Waals surface area (Å²) in [6, 6.07) is 12.4. The fourth-order valence-corrected chi connectivity index (χ4v) is 2.07. The van der Waals surface area contributed by atoms with Gasteiger partial charge in [-0.2, -0.15) is 10.2 Å². The van der Waals surface area contributed by atoms with Gasteiger partial charge in [-0.15, -0.1) is 0 Å². The SMILES string of the molecule is N#Cc1nc(-c2ccc(COc3ccccc3Cl)o2)oc1NN. The van der Waals surface area contributed by atoms with Gasteiger partial charge in [0, 0.05) is 0 Å². The summed E-state index contributed by atoms with van der Waals surface area (Å²) in [5.74, 6) is 6.96. The van der Waals surface area contributed by atoms with Crippen LogP contribution >= 0.6 is 11.6 Å². The standard InChI is InChI=1S/C15H11ClN4O3/c16-10-3-1-2-4-12(10)21-8-9-5-6-13(22-9)15-19-11(7-17)14(20-18)23-15/h1-6,20H,8,18H2. The number of para-hydroxylation sites is 1. The highest BCUT2D eigenvalue weighted by Gasteiger charge is 2.16. The Bertz CT molecular complexity index is 866. The Balaban J connectivity index is 1.75. The lowest BCUT2D eigenvalue weighted by molar-refractivity contribution is 0.271. The van der Waals surface area contributed by atoms with Crippen LogP contribution in [0.3, 0.4) is 0 Å². The molecule has 0 bridgehead atoms. The lowest BCUT2D eigenvalue weighted by Crippen LogP contribution is -2.06. The molecule has 3 rings (SSSR count). The molecule has 0 unspecified atom stereocenters. The third-order valence-electron chi connectivity index (χ3n) is 2.94. The Morgan fingerprint density at radius 3 is 2.78 bits per heavy atom. The first-order valence-corrected chi connectivity index (χ1v) is 6.93. The van der Waals surface area contributed by atoms with Crippen LogP contribution in [0.5, 0.6) is 5.75 Å². The van der Waals surface area contributed by atoms with Crippen molar-refractivity contribution < 1.29 is 13.6 Å². The van der Waals surface area contributed by atoms with Crippen molar-refractivity contribution in [3.05, 3.63) is 52.9 Å². The molecule has 2 heterocycles. The van der Waals surface area contributed by atoms with E-state index in [0.29, 0.717) is 22.3 Å². The zero-order valence-corrected chi connectivity index (χ0v) is 12.5. The molecule has 0 amide bonds. The Kier molecular flexibility index (Phi) is 4.19. The van der Waals surface area contributed by atoms with Gasteiger partial charge < -0.3 is 13.6 Å². The van der Waals surface area contributed by atoms with Crippen LogP contribution in [-0.4, -0.2) is 4.98 Å². The van der Waals surface area contributed by atoms with E-state index in [0.717, 1.165) is 0 Å². The highest BCUT2D eigenvalue weighted by molar-refractivity contribution is 6.32. The van der Waals surface area contributed by atoms with E-state index in [1.54, 1.807) is 24.3 Å². The monoisotopic (exact) mass is 330 g/mol. The van der Waals surface area contributed by atoms with Crippen LogP contribution in [0.15, 0.2) is 45.2 Å². The highest BCUT2D eigenvalue weighted by atomic mass is 35.5. The number of aromatic nitrogens is 1. The number of hydrogen-bond donors (Lipinski definition) is 2. The van der Waals surface area contributed by atoms with Crippen LogP contribution < -0.4 is 16.0 Å². The molecular weight excluding hydrogens is 320 g/mol. The predicted octanol–water partition coefficient (Wildman–Crippen LogP) is 3.32. The second kappa shape index (κ2) is 6.44. The summed E-state index contributed by atoms with van der Waals surface area (Å²) in [6.45, 7) is 0.192. The second-order valence-electron chi connectivity index (χ2n) is 4.44. The Morgan fingerprint density at radius 1 is 1.26 bits per heavy atom. The summed E-state index contributed by atoms with van der Waals surface area (Å²) in [4.78, 5) is 3.99. The number of ether oxygens (including phenoxy) is 1. The molecule has 2 aromatic heterocycles. The van der Waals surface area contributed by atoms with Crippen molar-refractivity contribution in [3.63, 3.8) is 0 Å². The molecule has 0 fully saturated rings. The molecule has 7 nitrogen and oxygen atoms in total. The average Bonchev–Trinajstić information content (AvgIpc) is 3.20. The quantitative estimate of drug-likeness (QED) is 0.545. The largest absolute Gasteiger partial charge is 0.484 e. The normalized spacial score (nSPS) is 10.3. The third kappa shape index (κ3) is 3.13. The summed E-state index contributed by atoms with van der Waals surface area (Å²) in [5, 5.41) is 9.44. The van der Waals surface area contributed by atoms with Crippen LogP contribution in [0.25, 0.3) is 11.7 Å². The van der Waals surface area contributed by atoms with Gasteiger partial charge in [-0.05, 0) is 24.3 Å². The fraction of sp³-hybridized carbons (Fsp3) is 0.0667. The van der Waals surface area contributed by atoms with Crippen molar-refractivity contribution in [2.45, 2.75) is 6.61 Å². The zero-order chi connectivity index (χ0) is 16.2. The number of furan rings is 1. The molecule has 23 heavy (non-hydrogen) atoms. The van der Waals surface area contributed by atoms with Gasteiger partial charge in [0.1, 0.15) is 24.2 Å². The topological polar surface area (TPSA) is 110 Å². The average molecular weight is 331 g/mol. The van der Waals surface area contributed by atoms with E-state index in [9.17, 15) is 0 Å². The summed E-state index contributed by atoms with van der Waals surface area (Å²) in [7, 11) is 0. The van der Waals surface area contributed by atoms with Crippen molar-refractivity contribution >= 4 is 17.5 Å². The number of rotatable bonds is 5. The third-order valence-corrected chi connectivity index (χ3v) is 3.26. The van der Waals surface area contributed by atoms with Gasteiger partial charge in [-0.25, -0.2) is 5.84 Å². The first kappa shape index (κ1) is 15.0. The van der Waals surface area contributed by atoms with Crippen LogP contribution in [0.1, 0.15) is 11.5 Å². The lowest BCUT2D eigenvalue weighted by atomic mass is 10.3. The number of nitrogens with zero attached hydrogens (tertiary/aromatic N) is 2. The van der Waals surface area contributed by atoms with E-state index in [4.69, 9.17) is 36.3 Å². The first-order chi connectivity index (χ1) is 11.2. The van der Waals surface area contributed by atoms with Gasteiger partial charge in [-0.1, -0.05) is 23.7 Å². The number of anilines is 1. The maximum Gasteiger partial charge on any atom is 0.266 e. The lowest BCUT2D eigenvalue weighted by Gasteiger charge is -2.05. The number of oxazole rings is 1. The summed E-state index contributed by atoms with van der Waals surface area (Å²) in [5.41, 5.74) is 2.31. The molecule has 0 saturated heterocycles. The number of nitriles is 1. The number of hydrazine groups is 1. The van der Waals surface area contributed by atoms with Crippen molar-refractivity contribution in [1.82, 2.24) is 4.98 Å². The number of nitrogens with one attached hydrogen (secondary N) is 1.